The summed E-state index contributed by atoms with van der Waals surface area (Å²) < 4.78 is 5.14. The molecule has 3 N–H and O–H groups in total. The van der Waals surface area contributed by atoms with Crippen molar-refractivity contribution < 1.29 is 29.0 Å². The second kappa shape index (κ2) is 11.2. The first kappa shape index (κ1) is 25.7. The maximum absolute atomic E-state index is 12.4. The number of hydrogen-bond acceptors (Lipinski definition) is 6. The molecule has 0 saturated heterocycles. The van der Waals surface area contributed by atoms with Crippen molar-refractivity contribution in [3.8, 4) is 0 Å². The number of amides is 3. The fraction of sp³-hybridized carbons (Fsp3) is 0.810. The maximum Gasteiger partial charge on any atom is 0.408 e. The van der Waals surface area contributed by atoms with Crippen LogP contribution >= 0.6 is 0 Å². The van der Waals surface area contributed by atoms with E-state index in [1.807, 2.05) is 0 Å². The van der Waals surface area contributed by atoms with Gasteiger partial charge in [-0.3, -0.25) is 9.59 Å². The van der Waals surface area contributed by atoms with Gasteiger partial charge in [0.2, 0.25) is 11.8 Å². The molecule has 0 heterocycles. The van der Waals surface area contributed by atoms with Crippen LogP contribution < -0.4 is 21.1 Å². The van der Waals surface area contributed by atoms with Crippen molar-refractivity contribution in [1.29, 1.82) is 0 Å². The van der Waals surface area contributed by atoms with E-state index in [0.717, 1.165) is 12.8 Å². The molecule has 1 aliphatic rings. The average Bonchev–Trinajstić information content (AvgIpc) is 2.62. The molecule has 0 aromatic carbocycles. The number of hydrogen-bond donors (Lipinski definition) is 3. The highest BCUT2D eigenvalue weighted by atomic mass is 16.6. The quantitative estimate of drug-likeness (QED) is 0.523. The molecular formula is C21H36N3O6-. The summed E-state index contributed by atoms with van der Waals surface area (Å²) in [5.74, 6) is -2.07. The summed E-state index contributed by atoms with van der Waals surface area (Å²) in [5.41, 5.74) is -0.638. The lowest BCUT2D eigenvalue weighted by atomic mass is 9.81. The fourth-order valence-electron chi connectivity index (χ4n) is 3.35. The number of nitrogens with one attached hydrogen (secondary N) is 3. The summed E-state index contributed by atoms with van der Waals surface area (Å²) in [6.07, 6.45) is 2.13. The van der Waals surface area contributed by atoms with Crippen LogP contribution in [-0.4, -0.2) is 48.1 Å². The maximum atomic E-state index is 12.4. The molecule has 9 nitrogen and oxygen atoms in total. The highest BCUT2D eigenvalue weighted by Crippen LogP contribution is 2.28. The minimum atomic E-state index is -1.27. The van der Waals surface area contributed by atoms with Crippen LogP contribution in [0, 0.1) is 17.8 Å². The summed E-state index contributed by atoms with van der Waals surface area (Å²) in [6.45, 7) is 10.7. The van der Waals surface area contributed by atoms with Crippen LogP contribution in [0.2, 0.25) is 0 Å². The first-order valence-electron chi connectivity index (χ1n) is 10.6. The van der Waals surface area contributed by atoms with Gasteiger partial charge in [0.05, 0.1) is 12.0 Å². The van der Waals surface area contributed by atoms with E-state index in [-0.39, 0.29) is 29.6 Å². The third-order valence-corrected chi connectivity index (χ3v) is 5.13. The molecule has 0 spiro atoms. The van der Waals surface area contributed by atoms with Crippen molar-refractivity contribution >= 4 is 23.9 Å². The molecule has 9 heteroatoms. The zero-order valence-corrected chi connectivity index (χ0v) is 18.9. The molecule has 0 unspecified atom stereocenters. The molecule has 1 aliphatic carbocycles. The van der Waals surface area contributed by atoms with Gasteiger partial charge < -0.3 is 30.6 Å². The Morgan fingerprint density at radius 3 is 2.03 bits per heavy atom. The van der Waals surface area contributed by atoms with E-state index < -0.39 is 29.7 Å². The van der Waals surface area contributed by atoms with Crippen LogP contribution in [0.3, 0.4) is 0 Å². The summed E-state index contributed by atoms with van der Waals surface area (Å²) in [6, 6.07) is -1.71. The van der Waals surface area contributed by atoms with Crippen LogP contribution in [0.1, 0.15) is 67.2 Å². The van der Waals surface area contributed by atoms with Crippen molar-refractivity contribution in [1.82, 2.24) is 16.0 Å². The van der Waals surface area contributed by atoms with E-state index in [1.165, 1.54) is 0 Å². The lowest BCUT2D eigenvalue weighted by Gasteiger charge is -2.31. The van der Waals surface area contributed by atoms with E-state index in [1.54, 1.807) is 41.5 Å². The van der Waals surface area contributed by atoms with Crippen molar-refractivity contribution in [3.63, 3.8) is 0 Å². The van der Waals surface area contributed by atoms with Crippen LogP contribution in [0.15, 0.2) is 0 Å². The van der Waals surface area contributed by atoms with E-state index in [0.29, 0.717) is 19.4 Å². The van der Waals surface area contributed by atoms with Gasteiger partial charge in [-0.25, -0.2) is 4.79 Å². The molecule has 1 fully saturated rings. The first-order chi connectivity index (χ1) is 13.8. The number of ether oxygens (including phenoxy) is 1. The predicted octanol–water partition coefficient (Wildman–Crippen LogP) is 0.713. The topological polar surface area (TPSA) is 137 Å². The molecule has 0 bridgehead atoms. The summed E-state index contributed by atoms with van der Waals surface area (Å²) in [5, 5.41) is 19.1. The summed E-state index contributed by atoms with van der Waals surface area (Å²) in [4.78, 5) is 47.5. The third-order valence-electron chi connectivity index (χ3n) is 5.13. The Morgan fingerprint density at radius 1 is 1.00 bits per heavy atom. The molecule has 0 aromatic heterocycles. The Morgan fingerprint density at radius 2 is 1.57 bits per heavy atom. The van der Waals surface area contributed by atoms with E-state index in [4.69, 9.17) is 4.74 Å². The Labute approximate surface area is 178 Å². The van der Waals surface area contributed by atoms with Crippen LogP contribution in [0.5, 0.6) is 0 Å². The van der Waals surface area contributed by atoms with Gasteiger partial charge in [-0.15, -0.1) is 0 Å². The molecule has 3 amide bonds. The Balaban J connectivity index is 2.37. The van der Waals surface area contributed by atoms with E-state index >= 15 is 0 Å². The monoisotopic (exact) mass is 426 g/mol. The molecule has 0 aromatic rings. The van der Waals surface area contributed by atoms with Gasteiger partial charge in [0.1, 0.15) is 11.6 Å². The van der Waals surface area contributed by atoms with Crippen molar-refractivity contribution in [2.24, 2.45) is 17.8 Å². The number of carbonyl (C=O) groups is 4. The number of rotatable bonds is 8. The van der Waals surface area contributed by atoms with E-state index in [9.17, 15) is 24.3 Å². The van der Waals surface area contributed by atoms with Gasteiger partial charge in [0.25, 0.3) is 0 Å². The molecule has 0 aliphatic heterocycles. The Kier molecular flexibility index (Phi) is 9.58. The standard InChI is InChI=1S/C21H37N3O6/c1-12(2)16(19(27)28)24-18(26)15-9-7-14(8-10-15)11-22-17(25)13(3)23-20(29)30-21(4,5)6/h12-16H,7-11H2,1-6H3,(H,22,25)(H,23,29)(H,24,26)(H,27,28)/p-1/t13-,14?,15?,16-/m1/s1. The summed E-state index contributed by atoms with van der Waals surface area (Å²) in [7, 11) is 0. The van der Waals surface area contributed by atoms with Crippen molar-refractivity contribution in [2.75, 3.05) is 6.54 Å². The number of aliphatic carboxylic acids is 1. The first-order valence-corrected chi connectivity index (χ1v) is 10.6. The lowest BCUT2D eigenvalue weighted by molar-refractivity contribution is -0.309. The van der Waals surface area contributed by atoms with Crippen molar-refractivity contribution in [2.45, 2.75) is 84.9 Å². The molecule has 172 valence electrons. The second-order valence-electron chi connectivity index (χ2n) is 9.38. The van der Waals surface area contributed by atoms with Gasteiger partial charge in [-0.2, -0.15) is 0 Å². The van der Waals surface area contributed by atoms with Crippen LogP contribution in [0.4, 0.5) is 4.79 Å². The van der Waals surface area contributed by atoms with Gasteiger partial charge in [0.15, 0.2) is 0 Å². The third kappa shape index (κ3) is 9.00. The highest BCUT2D eigenvalue weighted by Gasteiger charge is 2.29. The molecule has 2 atom stereocenters. The molecule has 30 heavy (non-hydrogen) atoms. The SMILES string of the molecule is CC(C)[C@@H](NC(=O)C1CCC(CNC(=O)[C@@H](C)NC(=O)OC(C)(C)C)CC1)C(=O)[O-]. The normalized spacial score (nSPS) is 21.3. The smallest absolute Gasteiger partial charge is 0.408 e. The van der Waals surface area contributed by atoms with Gasteiger partial charge in [-0.1, -0.05) is 13.8 Å². The fourth-order valence-corrected chi connectivity index (χ4v) is 3.35. The second-order valence-corrected chi connectivity index (χ2v) is 9.38. The van der Waals surface area contributed by atoms with Crippen LogP contribution in [0.25, 0.3) is 0 Å². The Bertz CT molecular complexity index is 621. The lowest BCUT2D eigenvalue weighted by Crippen LogP contribution is -2.52. The number of alkyl carbamates (subject to hydrolysis) is 1. The van der Waals surface area contributed by atoms with Gasteiger partial charge in [0, 0.05) is 12.5 Å². The zero-order valence-electron chi connectivity index (χ0n) is 18.9. The largest absolute Gasteiger partial charge is 0.548 e. The number of carbonyl (C=O) groups excluding carboxylic acids is 4. The minimum absolute atomic E-state index is 0.230. The molecule has 1 saturated carbocycles. The van der Waals surface area contributed by atoms with E-state index in [2.05, 4.69) is 16.0 Å². The zero-order chi connectivity index (χ0) is 23.1. The summed E-state index contributed by atoms with van der Waals surface area (Å²) >= 11 is 0. The minimum Gasteiger partial charge on any atom is -0.548 e. The predicted molar refractivity (Wildman–Crippen MR) is 109 cm³/mol. The average molecular weight is 427 g/mol. The van der Waals surface area contributed by atoms with Crippen molar-refractivity contribution in [3.05, 3.63) is 0 Å². The number of carboxylic acids is 1. The molecule has 1 rings (SSSR count). The molecular weight excluding hydrogens is 390 g/mol. The van der Waals surface area contributed by atoms with Crippen LogP contribution in [-0.2, 0) is 19.1 Å². The Hall–Kier alpha value is -2.32. The molecule has 0 radical (unpaired) electrons. The number of carboxylic acid groups (broad SMARTS) is 1. The van der Waals surface area contributed by atoms with Gasteiger partial charge >= 0.3 is 6.09 Å². The highest BCUT2D eigenvalue weighted by molar-refractivity contribution is 5.85. The van der Waals surface area contributed by atoms with Gasteiger partial charge in [-0.05, 0) is 65.2 Å².